The van der Waals surface area contributed by atoms with E-state index in [2.05, 4.69) is 21.6 Å². The van der Waals surface area contributed by atoms with Crippen LogP contribution in [0.2, 0.25) is 0 Å². The quantitative estimate of drug-likeness (QED) is 0.299. The summed E-state index contributed by atoms with van der Waals surface area (Å²) in [5.74, 6) is 0. The lowest BCUT2D eigenvalue weighted by Gasteiger charge is -2.06. The molecule has 4 nitrogen and oxygen atoms in total. The van der Waals surface area contributed by atoms with E-state index in [0.29, 0.717) is 6.42 Å². The van der Waals surface area contributed by atoms with Gasteiger partial charge in [0.2, 0.25) is 0 Å². The zero-order valence-corrected chi connectivity index (χ0v) is 7.17. The van der Waals surface area contributed by atoms with E-state index >= 15 is 0 Å². The number of nitrogens with zero attached hydrogens (tertiary/aromatic N) is 4. The van der Waals surface area contributed by atoms with E-state index in [1.54, 1.807) is 18.5 Å². The number of hydrogen-bond acceptors (Lipinski definition) is 2. The van der Waals surface area contributed by atoms with Gasteiger partial charge in [0.1, 0.15) is 0 Å². The normalized spacial score (nSPS) is 11.4. The first-order valence-electron chi connectivity index (χ1n) is 3.93. The molecule has 0 radical (unpaired) electrons. The van der Waals surface area contributed by atoms with Gasteiger partial charge in [-0.15, -0.1) is 6.58 Å². The van der Waals surface area contributed by atoms with Gasteiger partial charge < -0.3 is 0 Å². The number of azide groups is 1. The van der Waals surface area contributed by atoms with Crippen molar-refractivity contribution in [3.05, 3.63) is 53.2 Å². The van der Waals surface area contributed by atoms with Gasteiger partial charge in [-0.3, -0.25) is 4.98 Å². The first kappa shape index (κ1) is 9.29. The van der Waals surface area contributed by atoms with Gasteiger partial charge >= 0.3 is 0 Å². The van der Waals surface area contributed by atoms with Crippen molar-refractivity contribution in [1.82, 2.24) is 4.98 Å². The van der Waals surface area contributed by atoms with Crippen LogP contribution in [-0.4, -0.2) is 4.98 Å². The van der Waals surface area contributed by atoms with Gasteiger partial charge in [0.25, 0.3) is 0 Å². The van der Waals surface area contributed by atoms with Crippen LogP contribution in [0.5, 0.6) is 0 Å². The van der Waals surface area contributed by atoms with Crippen LogP contribution < -0.4 is 0 Å². The lowest BCUT2D eigenvalue weighted by atomic mass is 10.1. The summed E-state index contributed by atoms with van der Waals surface area (Å²) in [5.41, 5.74) is 9.25. The Balaban J connectivity index is 2.87. The van der Waals surface area contributed by atoms with Crippen molar-refractivity contribution in [3.63, 3.8) is 0 Å². The van der Waals surface area contributed by atoms with Gasteiger partial charge in [-0.2, -0.15) is 0 Å². The first-order chi connectivity index (χ1) is 6.38. The molecule has 0 fully saturated rings. The fraction of sp³-hybridized carbons (Fsp3) is 0.222. The lowest BCUT2D eigenvalue weighted by Crippen LogP contribution is -1.92. The third-order valence-electron chi connectivity index (χ3n) is 1.65. The van der Waals surface area contributed by atoms with Crippen LogP contribution in [0.4, 0.5) is 0 Å². The van der Waals surface area contributed by atoms with Crippen molar-refractivity contribution >= 4 is 0 Å². The first-order valence-corrected chi connectivity index (χ1v) is 3.93. The van der Waals surface area contributed by atoms with E-state index < -0.39 is 0 Å². The summed E-state index contributed by atoms with van der Waals surface area (Å²) in [5, 5.41) is 3.65. The molecule has 0 saturated heterocycles. The van der Waals surface area contributed by atoms with E-state index in [-0.39, 0.29) is 6.04 Å². The van der Waals surface area contributed by atoms with Crippen molar-refractivity contribution in [2.45, 2.75) is 12.5 Å². The van der Waals surface area contributed by atoms with Gasteiger partial charge in [0.05, 0.1) is 6.04 Å². The maximum atomic E-state index is 8.33. The van der Waals surface area contributed by atoms with E-state index in [0.717, 1.165) is 5.56 Å². The topological polar surface area (TPSA) is 61.7 Å². The Morgan fingerprint density at radius 2 is 2.62 bits per heavy atom. The SMILES string of the molecule is C=CC[C@@H](N=[N+]=[N-])c1cccnc1. The predicted octanol–water partition coefficient (Wildman–Crippen LogP) is 3.01. The molecule has 0 saturated carbocycles. The summed E-state index contributed by atoms with van der Waals surface area (Å²) in [7, 11) is 0. The highest BCUT2D eigenvalue weighted by molar-refractivity contribution is 5.14. The van der Waals surface area contributed by atoms with Crippen LogP contribution in [0.3, 0.4) is 0 Å². The standard InChI is InChI=1S/C9H10N4/c1-2-4-9(12-13-10)8-5-3-6-11-7-8/h2-3,5-7,9H,1,4H2/t9-/m1/s1. The Morgan fingerprint density at radius 3 is 3.15 bits per heavy atom. The maximum Gasteiger partial charge on any atom is 0.0674 e. The van der Waals surface area contributed by atoms with E-state index in [1.165, 1.54) is 0 Å². The van der Waals surface area contributed by atoms with Gasteiger partial charge in [-0.05, 0) is 23.6 Å². The van der Waals surface area contributed by atoms with E-state index in [9.17, 15) is 0 Å². The highest BCUT2D eigenvalue weighted by Gasteiger charge is 2.06. The third-order valence-corrected chi connectivity index (χ3v) is 1.65. The van der Waals surface area contributed by atoms with Gasteiger partial charge in [-0.25, -0.2) is 0 Å². The summed E-state index contributed by atoms with van der Waals surface area (Å²) >= 11 is 0. The second kappa shape index (κ2) is 4.95. The van der Waals surface area contributed by atoms with Crippen molar-refractivity contribution in [1.29, 1.82) is 0 Å². The molecule has 0 unspecified atom stereocenters. The minimum Gasteiger partial charge on any atom is -0.264 e. The molecule has 0 aliphatic heterocycles. The highest BCUT2D eigenvalue weighted by Crippen LogP contribution is 2.20. The smallest absolute Gasteiger partial charge is 0.0674 e. The average Bonchev–Trinajstić information content (AvgIpc) is 2.19. The van der Waals surface area contributed by atoms with Crippen molar-refractivity contribution in [2.24, 2.45) is 5.11 Å². The molecule has 0 bridgehead atoms. The Hall–Kier alpha value is -1.80. The molecule has 1 rings (SSSR count). The van der Waals surface area contributed by atoms with Gasteiger partial charge in [-0.1, -0.05) is 17.3 Å². The molecule has 0 amide bonds. The summed E-state index contributed by atoms with van der Waals surface area (Å²) in [4.78, 5) is 6.73. The molecule has 1 atom stereocenters. The van der Waals surface area contributed by atoms with Crippen LogP contribution in [-0.2, 0) is 0 Å². The minimum atomic E-state index is -0.184. The van der Waals surface area contributed by atoms with Crippen LogP contribution >= 0.6 is 0 Å². The molecule has 0 aliphatic carbocycles. The number of pyridine rings is 1. The van der Waals surface area contributed by atoms with Crippen LogP contribution in [0, 0.1) is 0 Å². The van der Waals surface area contributed by atoms with Crippen LogP contribution in [0.1, 0.15) is 18.0 Å². The largest absolute Gasteiger partial charge is 0.264 e. The molecular formula is C9H10N4. The summed E-state index contributed by atoms with van der Waals surface area (Å²) in [6.45, 7) is 3.60. The molecule has 1 aromatic heterocycles. The third kappa shape index (κ3) is 2.61. The average molecular weight is 174 g/mol. The molecular weight excluding hydrogens is 164 g/mol. The van der Waals surface area contributed by atoms with Crippen molar-refractivity contribution < 1.29 is 0 Å². The number of rotatable bonds is 4. The van der Waals surface area contributed by atoms with Crippen molar-refractivity contribution in [3.8, 4) is 0 Å². The molecule has 0 N–H and O–H groups in total. The zero-order chi connectivity index (χ0) is 9.52. The second-order valence-electron chi connectivity index (χ2n) is 2.53. The summed E-state index contributed by atoms with van der Waals surface area (Å²) in [6.07, 6.45) is 5.75. The Morgan fingerprint density at radius 1 is 1.77 bits per heavy atom. The molecule has 0 aliphatic rings. The van der Waals surface area contributed by atoms with E-state index in [1.807, 2.05) is 12.1 Å². The Kier molecular flexibility index (Phi) is 3.54. The summed E-state index contributed by atoms with van der Waals surface area (Å²) in [6, 6.07) is 3.52. The van der Waals surface area contributed by atoms with Crippen molar-refractivity contribution in [2.75, 3.05) is 0 Å². The van der Waals surface area contributed by atoms with Crippen LogP contribution in [0.15, 0.2) is 42.3 Å². The minimum absolute atomic E-state index is 0.184. The highest BCUT2D eigenvalue weighted by atomic mass is 15.1. The Bertz CT molecular complexity index is 314. The molecule has 13 heavy (non-hydrogen) atoms. The number of hydrogen-bond donors (Lipinski definition) is 0. The molecule has 0 spiro atoms. The predicted molar refractivity (Wildman–Crippen MR) is 50.9 cm³/mol. The lowest BCUT2D eigenvalue weighted by molar-refractivity contribution is 0.730. The fourth-order valence-corrected chi connectivity index (χ4v) is 1.04. The fourth-order valence-electron chi connectivity index (χ4n) is 1.04. The summed E-state index contributed by atoms with van der Waals surface area (Å²) < 4.78 is 0. The molecule has 4 heteroatoms. The van der Waals surface area contributed by atoms with Crippen LogP contribution in [0.25, 0.3) is 10.4 Å². The Labute approximate surface area is 76.6 Å². The van der Waals surface area contributed by atoms with Gasteiger partial charge in [0, 0.05) is 17.3 Å². The molecule has 66 valence electrons. The molecule has 1 heterocycles. The monoisotopic (exact) mass is 174 g/mol. The zero-order valence-electron chi connectivity index (χ0n) is 7.17. The molecule has 0 aromatic carbocycles. The van der Waals surface area contributed by atoms with Gasteiger partial charge in [0.15, 0.2) is 0 Å². The second-order valence-corrected chi connectivity index (χ2v) is 2.53. The number of aromatic nitrogens is 1. The van der Waals surface area contributed by atoms with E-state index in [4.69, 9.17) is 5.53 Å². The maximum absolute atomic E-state index is 8.33. The molecule has 1 aromatic rings.